The van der Waals surface area contributed by atoms with Crippen molar-refractivity contribution in [3.8, 4) is 5.75 Å². The van der Waals surface area contributed by atoms with E-state index in [1.54, 1.807) is 29.2 Å². The molecule has 4 rings (SSSR count). The van der Waals surface area contributed by atoms with Crippen LogP contribution in [0.5, 0.6) is 5.75 Å². The van der Waals surface area contributed by atoms with Crippen LogP contribution in [-0.4, -0.2) is 46.8 Å². The molecule has 2 heterocycles. The first-order valence-electron chi connectivity index (χ1n) is 9.30. The standard InChI is InChI=1S/C21H21N3O4/c25-19(13-24-20(26)18-7-4-12-23(18)21(24)27)22-16-8-10-17(11-9-16)28-14-15-5-2-1-3-6-15/h1-3,5-6,8-11,18H,4,7,12-14H2,(H,22,25). The smallest absolute Gasteiger partial charge is 0.327 e. The van der Waals surface area contributed by atoms with Crippen molar-refractivity contribution in [3.63, 3.8) is 0 Å². The van der Waals surface area contributed by atoms with Gasteiger partial charge in [0.05, 0.1) is 0 Å². The van der Waals surface area contributed by atoms with Gasteiger partial charge < -0.3 is 15.0 Å². The molecular weight excluding hydrogens is 358 g/mol. The molecule has 0 aromatic heterocycles. The van der Waals surface area contributed by atoms with Crippen molar-refractivity contribution in [3.05, 3.63) is 60.2 Å². The normalized spacial score (nSPS) is 18.4. The lowest BCUT2D eigenvalue weighted by molar-refractivity contribution is -0.131. The van der Waals surface area contributed by atoms with Crippen LogP contribution >= 0.6 is 0 Å². The Hall–Kier alpha value is -3.35. The van der Waals surface area contributed by atoms with E-state index in [0.717, 1.165) is 16.9 Å². The Morgan fingerprint density at radius 1 is 1.07 bits per heavy atom. The highest BCUT2D eigenvalue weighted by Gasteiger charge is 2.47. The number of hydrogen-bond acceptors (Lipinski definition) is 4. The number of nitrogens with one attached hydrogen (secondary N) is 1. The summed E-state index contributed by atoms with van der Waals surface area (Å²) < 4.78 is 5.71. The van der Waals surface area contributed by atoms with E-state index < -0.39 is 5.91 Å². The minimum atomic E-state index is -0.402. The molecule has 2 aliphatic heterocycles. The second-order valence-corrected chi connectivity index (χ2v) is 6.91. The molecule has 7 nitrogen and oxygen atoms in total. The molecule has 2 aromatic carbocycles. The van der Waals surface area contributed by atoms with Gasteiger partial charge >= 0.3 is 6.03 Å². The molecule has 144 valence electrons. The van der Waals surface area contributed by atoms with Gasteiger partial charge in [0, 0.05) is 12.2 Å². The van der Waals surface area contributed by atoms with Gasteiger partial charge in [-0.25, -0.2) is 4.79 Å². The molecule has 0 radical (unpaired) electrons. The third kappa shape index (κ3) is 3.69. The lowest BCUT2D eigenvalue weighted by atomic mass is 10.2. The number of imide groups is 1. The van der Waals surface area contributed by atoms with Gasteiger partial charge in [0.1, 0.15) is 24.9 Å². The number of hydrogen-bond donors (Lipinski definition) is 1. The van der Waals surface area contributed by atoms with Crippen molar-refractivity contribution >= 4 is 23.5 Å². The fourth-order valence-electron chi connectivity index (χ4n) is 3.55. The third-order valence-electron chi connectivity index (χ3n) is 4.97. The van der Waals surface area contributed by atoms with Gasteiger partial charge in [0.25, 0.3) is 5.91 Å². The molecule has 2 aromatic rings. The Balaban J connectivity index is 1.30. The molecular formula is C21H21N3O4. The van der Waals surface area contributed by atoms with Crippen molar-refractivity contribution in [2.24, 2.45) is 0 Å². The summed E-state index contributed by atoms with van der Waals surface area (Å²) in [7, 11) is 0. The number of nitrogens with zero attached hydrogens (tertiary/aromatic N) is 2. The Morgan fingerprint density at radius 3 is 2.54 bits per heavy atom. The fourth-order valence-corrected chi connectivity index (χ4v) is 3.55. The molecule has 0 aliphatic carbocycles. The van der Waals surface area contributed by atoms with Crippen LogP contribution in [0.15, 0.2) is 54.6 Å². The zero-order valence-electron chi connectivity index (χ0n) is 15.3. The number of anilines is 1. The van der Waals surface area contributed by atoms with E-state index in [-0.39, 0.29) is 24.5 Å². The second kappa shape index (κ2) is 7.72. The van der Waals surface area contributed by atoms with Gasteiger partial charge in [-0.3, -0.25) is 14.5 Å². The monoisotopic (exact) mass is 379 g/mol. The van der Waals surface area contributed by atoms with Crippen molar-refractivity contribution in [2.75, 3.05) is 18.4 Å². The summed E-state index contributed by atoms with van der Waals surface area (Å²) in [6.07, 6.45) is 1.51. The SMILES string of the molecule is O=C(CN1C(=O)C2CCCN2C1=O)Nc1ccc(OCc2ccccc2)cc1. The van der Waals surface area contributed by atoms with Crippen molar-refractivity contribution < 1.29 is 19.1 Å². The first-order valence-corrected chi connectivity index (χ1v) is 9.30. The summed E-state index contributed by atoms with van der Waals surface area (Å²) in [5.74, 6) is 0.00973. The summed E-state index contributed by atoms with van der Waals surface area (Å²) in [5, 5.41) is 2.72. The summed E-state index contributed by atoms with van der Waals surface area (Å²) >= 11 is 0. The summed E-state index contributed by atoms with van der Waals surface area (Å²) in [4.78, 5) is 39.4. The van der Waals surface area contributed by atoms with Crippen LogP contribution < -0.4 is 10.1 Å². The zero-order chi connectivity index (χ0) is 19.5. The minimum Gasteiger partial charge on any atom is -0.489 e. The maximum absolute atomic E-state index is 12.3. The summed E-state index contributed by atoms with van der Waals surface area (Å²) in [5.41, 5.74) is 1.65. The second-order valence-electron chi connectivity index (χ2n) is 6.91. The van der Waals surface area contributed by atoms with E-state index in [2.05, 4.69) is 5.32 Å². The van der Waals surface area contributed by atoms with E-state index >= 15 is 0 Å². The molecule has 2 aliphatic rings. The Kier molecular flexibility index (Phi) is 4.97. The number of urea groups is 1. The predicted octanol–water partition coefficient (Wildman–Crippen LogP) is 2.63. The van der Waals surface area contributed by atoms with Gasteiger partial charge in [-0.2, -0.15) is 0 Å². The largest absolute Gasteiger partial charge is 0.489 e. The Labute approximate surface area is 162 Å². The molecule has 1 N–H and O–H groups in total. The van der Waals surface area contributed by atoms with Gasteiger partial charge in [0.2, 0.25) is 5.91 Å². The minimum absolute atomic E-state index is 0.267. The van der Waals surface area contributed by atoms with E-state index in [0.29, 0.717) is 31.0 Å². The van der Waals surface area contributed by atoms with Crippen LogP contribution in [0.25, 0.3) is 0 Å². The molecule has 1 unspecified atom stereocenters. The lowest BCUT2D eigenvalue weighted by Gasteiger charge is -2.15. The Bertz CT molecular complexity index is 860. The summed E-state index contributed by atoms with van der Waals surface area (Å²) in [6, 6.07) is 16.1. The molecule has 4 amide bonds. The first-order chi connectivity index (χ1) is 13.6. The number of carbonyl (C=O) groups excluding carboxylic acids is 3. The average molecular weight is 379 g/mol. The van der Waals surface area contributed by atoms with Crippen LogP contribution in [0, 0.1) is 0 Å². The lowest BCUT2D eigenvalue weighted by Crippen LogP contribution is -2.39. The zero-order valence-corrected chi connectivity index (χ0v) is 15.3. The van der Waals surface area contributed by atoms with Crippen LogP contribution in [0.4, 0.5) is 10.5 Å². The quantitative estimate of drug-likeness (QED) is 0.783. The van der Waals surface area contributed by atoms with Crippen molar-refractivity contribution in [2.45, 2.75) is 25.5 Å². The molecule has 7 heteroatoms. The predicted molar refractivity (Wildman–Crippen MR) is 103 cm³/mol. The molecule has 0 spiro atoms. The average Bonchev–Trinajstić information content (AvgIpc) is 3.28. The van der Waals surface area contributed by atoms with Crippen LogP contribution in [0.1, 0.15) is 18.4 Å². The highest BCUT2D eigenvalue weighted by atomic mass is 16.5. The molecule has 1 atom stereocenters. The Morgan fingerprint density at radius 2 is 1.82 bits per heavy atom. The van der Waals surface area contributed by atoms with Gasteiger partial charge in [0.15, 0.2) is 0 Å². The maximum Gasteiger partial charge on any atom is 0.327 e. The maximum atomic E-state index is 12.3. The highest BCUT2D eigenvalue weighted by molar-refractivity contribution is 6.08. The van der Waals surface area contributed by atoms with Crippen LogP contribution in [0.3, 0.4) is 0 Å². The molecule has 2 fully saturated rings. The molecule has 28 heavy (non-hydrogen) atoms. The van der Waals surface area contributed by atoms with Crippen molar-refractivity contribution in [1.29, 1.82) is 0 Å². The number of ether oxygens (including phenoxy) is 1. The van der Waals surface area contributed by atoms with E-state index in [9.17, 15) is 14.4 Å². The summed E-state index contributed by atoms with van der Waals surface area (Å²) in [6.45, 7) is 0.776. The number of amides is 4. The highest BCUT2D eigenvalue weighted by Crippen LogP contribution is 2.27. The van der Waals surface area contributed by atoms with Crippen LogP contribution in [-0.2, 0) is 16.2 Å². The van der Waals surface area contributed by atoms with Crippen LogP contribution in [0.2, 0.25) is 0 Å². The van der Waals surface area contributed by atoms with E-state index in [4.69, 9.17) is 4.74 Å². The van der Waals surface area contributed by atoms with E-state index in [1.807, 2.05) is 30.3 Å². The molecule has 0 saturated carbocycles. The fraction of sp³-hybridized carbons (Fsp3) is 0.286. The number of fused-ring (bicyclic) bond motifs is 1. The number of rotatable bonds is 6. The van der Waals surface area contributed by atoms with Gasteiger partial charge in [-0.15, -0.1) is 0 Å². The topological polar surface area (TPSA) is 79.0 Å². The first kappa shape index (κ1) is 18.0. The number of carbonyl (C=O) groups is 3. The third-order valence-corrected chi connectivity index (χ3v) is 4.97. The number of benzene rings is 2. The van der Waals surface area contributed by atoms with Crippen molar-refractivity contribution in [1.82, 2.24) is 9.80 Å². The van der Waals surface area contributed by atoms with Gasteiger partial charge in [-0.05, 0) is 42.7 Å². The van der Waals surface area contributed by atoms with Gasteiger partial charge in [-0.1, -0.05) is 30.3 Å². The molecule has 0 bridgehead atoms. The van der Waals surface area contributed by atoms with E-state index in [1.165, 1.54) is 0 Å². The molecule has 2 saturated heterocycles.